The molecule has 3 rings (SSSR count). The molecule has 1 atom stereocenters. The summed E-state index contributed by atoms with van der Waals surface area (Å²) in [5, 5.41) is 9.98. The van der Waals surface area contributed by atoms with Gasteiger partial charge in [-0.15, -0.1) is 0 Å². The minimum Gasteiger partial charge on any atom is -0.507 e. The maximum atomic E-state index is 13.9. The van der Waals surface area contributed by atoms with E-state index in [1.165, 1.54) is 6.07 Å². The lowest BCUT2D eigenvalue weighted by atomic mass is 9.79. The molecule has 1 N–H and O–H groups in total. The Hall–Kier alpha value is -1.83. The molecule has 1 nitrogen and oxygen atoms in total. The fourth-order valence-electron chi connectivity index (χ4n) is 2.70. The van der Waals surface area contributed by atoms with Crippen LogP contribution in [0.1, 0.15) is 24.0 Å². The minimum absolute atomic E-state index is 0.167. The standard InChI is InChI=1S/C15H13FO/c1-9-8-10-4-2-6-12(16)14(10)15-11(9)5-3-7-13(15)17/h2-7,9,17H,8H2,1H3/t9-/m1/s1. The van der Waals surface area contributed by atoms with E-state index in [0.717, 1.165) is 17.5 Å². The maximum absolute atomic E-state index is 13.9. The average Bonchev–Trinajstić information content (AvgIpc) is 2.30. The quantitative estimate of drug-likeness (QED) is 0.726. The highest BCUT2D eigenvalue weighted by atomic mass is 19.1. The third-order valence-electron chi connectivity index (χ3n) is 3.48. The van der Waals surface area contributed by atoms with Crippen LogP contribution in [0.3, 0.4) is 0 Å². The molecule has 1 aliphatic carbocycles. The number of hydrogen-bond acceptors (Lipinski definition) is 1. The maximum Gasteiger partial charge on any atom is 0.131 e. The SMILES string of the molecule is C[C@@H]1Cc2cccc(F)c2-c2c(O)cccc21. The first-order chi connectivity index (χ1) is 8.18. The fourth-order valence-corrected chi connectivity index (χ4v) is 2.70. The van der Waals surface area contributed by atoms with E-state index in [2.05, 4.69) is 6.92 Å². The summed E-state index contributed by atoms with van der Waals surface area (Å²) in [4.78, 5) is 0. The predicted octanol–water partition coefficient (Wildman–Crippen LogP) is 3.86. The molecule has 0 aliphatic heterocycles. The molecule has 0 spiro atoms. The number of hydrogen-bond donors (Lipinski definition) is 1. The molecule has 17 heavy (non-hydrogen) atoms. The van der Waals surface area contributed by atoms with Crippen LogP contribution in [0.25, 0.3) is 11.1 Å². The van der Waals surface area contributed by atoms with Gasteiger partial charge < -0.3 is 5.11 Å². The summed E-state index contributed by atoms with van der Waals surface area (Å²) >= 11 is 0. The summed E-state index contributed by atoms with van der Waals surface area (Å²) in [5.74, 6) is 0.226. The smallest absolute Gasteiger partial charge is 0.131 e. The van der Waals surface area contributed by atoms with Crippen LogP contribution in [0, 0.1) is 5.82 Å². The van der Waals surface area contributed by atoms with E-state index < -0.39 is 0 Å². The predicted molar refractivity (Wildman–Crippen MR) is 65.6 cm³/mol. The van der Waals surface area contributed by atoms with Crippen molar-refractivity contribution in [1.82, 2.24) is 0 Å². The Morgan fingerprint density at radius 2 is 1.88 bits per heavy atom. The first-order valence-corrected chi connectivity index (χ1v) is 5.78. The monoisotopic (exact) mass is 228 g/mol. The molecule has 1 aliphatic rings. The summed E-state index contributed by atoms with van der Waals surface area (Å²) in [7, 11) is 0. The topological polar surface area (TPSA) is 20.2 Å². The van der Waals surface area contributed by atoms with Gasteiger partial charge in [0, 0.05) is 11.1 Å². The number of aromatic hydroxyl groups is 1. The number of phenolic OH excluding ortho intramolecular Hbond substituents is 1. The first kappa shape index (κ1) is 10.3. The highest BCUT2D eigenvalue weighted by Gasteiger charge is 2.26. The second kappa shape index (κ2) is 3.59. The van der Waals surface area contributed by atoms with Crippen molar-refractivity contribution in [2.45, 2.75) is 19.3 Å². The Bertz CT molecular complexity index is 589. The lowest BCUT2D eigenvalue weighted by Crippen LogP contribution is -2.09. The molecule has 0 fully saturated rings. The largest absolute Gasteiger partial charge is 0.507 e. The van der Waals surface area contributed by atoms with Crippen LogP contribution >= 0.6 is 0 Å². The van der Waals surface area contributed by atoms with Crippen molar-refractivity contribution in [1.29, 1.82) is 0 Å². The van der Waals surface area contributed by atoms with Crippen LogP contribution in [0.5, 0.6) is 5.75 Å². The van der Waals surface area contributed by atoms with Crippen LogP contribution in [-0.4, -0.2) is 5.11 Å². The van der Waals surface area contributed by atoms with Gasteiger partial charge in [0.05, 0.1) is 0 Å². The zero-order chi connectivity index (χ0) is 12.0. The second-order valence-electron chi connectivity index (χ2n) is 4.62. The molecule has 2 aromatic carbocycles. The van der Waals surface area contributed by atoms with Gasteiger partial charge in [-0.1, -0.05) is 31.2 Å². The number of rotatable bonds is 0. The van der Waals surface area contributed by atoms with Gasteiger partial charge in [-0.25, -0.2) is 4.39 Å². The lowest BCUT2D eigenvalue weighted by Gasteiger charge is -2.26. The molecule has 2 heteroatoms. The Labute approximate surface area is 99.5 Å². The van der Waals surface area contributed by atoms with E-state index in [-0.39, 0.29) is 11.6 Å². The second-order valence-corrected chi connectivity index (χ2v) is 4.62. The highest BCUT2D eigenvalue weighted by molar-refractivity contribution is 5.79. The van der Waals surface area contributed by atoms with E-state index in [1.807, 2.05) is 18.2 Å². The van der Waals surface area contributed by atoms with Crippen molar-refractivity contribution >= 4 is 0 Å². The van der Waals surface area contributed by atoms with Crippen molar-refractivity contribution in [3.8, 4) is 16.9 Å². The molecular formula is C15H13FO. The van der Waals surface area contributed by atoms with Gasteiger partial charge in [0.25, 0.3) is 0 Å². The number of halogens is 1. The van der Waals surface area contributed by atoms with E-state index in [9.17, 15) is 9.50 Å². The molecule has 0 amide bonds. The number of phenols is 1. The van der Waals surface area contributed by atoms with E-state index in [4.69, 9.17) is 0 Å². The third kappa shape index (κ3) is 1.44. The van der Waals surface area contributed by atoms with Gasteiger partial charge in [-0.2, -0.15) is 0 Å². The molecule has 0 saturated carbocycles. The average molecular weight is 228 g/mol. The van der Waals surface area contributed by atoms with E-state index in [1.54, 1.807) is 12.1 Å². The molecule has 0 saturated heterocycles. The van der Waals surface area contributed by atoms with E-state index in [0.29, 0.717) is 17.0 Å². The minimum atomic E-state index is -0.253. The van der Waals surface area contributed by atoms with Crippen LogP contribution in [0.15, 0.2) is 36.4 Å². The van der Waals surface area contributed by atoms with Gasteiger partial charge in [-0.3, -0.25) is 0 Å². The molecule has 0 unspecified atom stereocenters. The Kier molecular flexibility index (Phi) is 2.18. The molecule has 0 bridgehead atoms. The van der Waals surface area contributed by atoms with Crippen LogP contribution < -0.4 is 0 Å². The Morgan fingerprint density at radius 1 is 1.12 bits per heavy atom. The summed E-state index contributed by atoms with van der Waals surface area (Å²) in [6, 6.07) is 10.5. The zero-order valence-electron chi connectivity index (χ0n) is 9.57. The van der Waals surface area contributed by atoms with Crippen molar-refractivity contribution < 1.29 is 9.50 Å². The van der Waals surface area contributed by atoms with Gasteiger partial charge >= 0.3 is 0 Å². The summed E-state index contributed by atoms with van der Waals surface area (Å²) in [5.41, 5.74) is 3.24. The molecular weight excluding hydrogens is 215 g/mol. The highest BCUT2D eigenvalue weighted by Crippen LogP contribution is 2.44. The molecule has 0 aromatic heterocycles. The Morgan fingerprint density at radius 3 is 2.71 bits per heavy atom. The molecule has 0 heterocycles. The van der Waals surface area contributed by atoms with Gasteiger partial charge in [-0.05, 0) is 35.6 Å². The van der Waals surface area contributed by atoms with Crippen molar-refractivity contribution in [2.75, 3.05) is 0 Å². The summed E-state index contributed by atoms with van der Waals surface area (Å²) in [6.45, 7) is 2.10. The third-order valence-corrected chi connectivity index (χ3v) is 3.48. The molecule has 86 valence electrons. The van der Waals surface area contributed by atoms with Crippen LogP contribution in [0.4, 0.5) is 4.39 Å². The normalized spacial score (nSPS) is 17.4. The molecule has 0 radical (unpaired) electrons. The number of fused-ring (bicyclic) bond motifs is 3. The van der Waals surface area contributed by atoms with Crippen LogP contribution in [0.2, 0.25) is 0 Å². The lowest BCUT2D eigenvalue weighted by molar-refractivity contribution is 0.474. The number of benzene rings is 2. The van der Waals surface area contributed by atoms with Gasteiger partial charge in [0.15, 0.2) is 0 Å². The fraction of sp³-hybridized carbons (Fsp3) is 0.200. The van der Waals surface area contributed by atoms with E-state index >= 15 is 0 Å². The zero-order valence-corrected chi connectivity index (χ0v) is 9.57. The van der Waals surface area contributed by atoms with Crippen LogP contribution in [-0.2, 0) is 6.42 Å². The van der Waals surface area contributed by atoms with Gasteiger partial charge in [0.1, 0.15) is 11.6 Å². The van der Waals surface area contributed by atoms with Crippen molar-refractivity contribution in [2.24, 2.45) is 0 Å². The summed E-state index contributed by atoms with van der Waals surface area (Å²) < 4.78 is 13.9. The van der Waals surface area contributed by atoms with Crippen molar-refractivity contribution in [3.63, 3.8) is 0 Å². The summed E-state index contributed by atoms with van der Waals surface area (Å²) in [6.07, 6.45) is 0.823. The Balaban J connectivity index is 2.39. The van der Waals surface area contributed by atoms with Crippen molar-refractivity contribution in [3.05, 3.63) is 53.3 Å². The van der Waals surface area contributed by atoms with Gasteiger partial charge in [0.2, 0.25) is 0 Å². The molecule has 2 aromatic rings. The first-order valence-electron chi connectivity index (χ1n) is 5.78.